The molecule has 4 rings (SSSR count). The molecule has 0 N–H and O–H groups in total. The zero-order valence-corrected chi connectivity index (χ0v) is 25.0. The lowest BCUT2D eigenvalue weighted by molar-refractivity contribution is -0.141. The van der Waals surface area contributed by atoms with Crippen LogP contribution in [0.2, 0.25) is 10.0 Å². The molecule has 0 unspecified atom stereocenters. The van der Waals surface area contributed by atoms with Gasteiger partial charge in [0.05, 0.1) is 31.5 Å². The predicted molar refractivity (Wildman–Crippen MR) is 166 cm³/mol. The Balaban J connectivity index is 1.49. The van der Waals surface area contributed by atoms with Crippen LogP contribution in [0, 0.1) is 0 Å². The van der Waals surface area contributed by atoms with Gasteiger partial charge in [-0.15, -0.1) is 0 Å². The summed E-state index contributed by atoms with van der Waals surface area (Å²) in [5.74, 6) is 0.996. The Morgan fingerprint density at radius 3 is 2.31 bits per heavy atom. The van der Waals surface area contributed by atoms with E-state index in [4.69, 9.17) is 37.7 Å². The standard InChI is InChI=1S/C33H32Cl2N2O5/c1-40-32(38)8-4-18-37-22-30(28-16-13-26(34)21-29(28)35)36-31(37)17-10-23-6-3-7-25(20-23)24-11-14-27(15-12-24)42-19-5-9-33(39)41-2/h3,6-7,10-17,20-22H,4-5,8-9,18-19H2,1-2H3/b17-10+. The minimum absolute atomic E-state index is 0.239. The van der Waals surface area contributed by atoms with Crippen molar-refractivity contribution >= 4 is 47.3 Å². The first-order chi connectivity index (χ1) is 20.4. The maximum Gasteiger partial charge on any atom is 0.305 e. The quantitative estimate of drug-likeness (QED) is 0.113. The lowest BCUT2D eigenvalue weighted by Crippen LogP contribution is -2.04. The monoisotopic (exact) mass is 606 g/mol. The molecule has 0 saturated heterocycles. The van der Waals surface area contributed by atoms with Crippen LogP contribution >= 0.6 is 23.2 Å². The summed E-state index contributed by atoms with van der Waals surface area (Å²) in [6.07, 6.45) is 7.75. The van der Waals surface area contributed by atoms with E-state index in [9.17, 15) is 9.59 Å². The van der Waals surface area contributed by atoms with Crippen molar-refractivity contribution in [3.05, 3.63) is 94.4 Å². The van der Waals surface area contributed by atoms with Crippen molar-refractivity contribution in [2.75, 3.05) is 20.8 Å². The molecule has 0 aliphatic carbocycles. The summed E-state index contributed by atoms with van der Waals surface area (Å²) in [5, 5.41) is 1.07. The van der Waals surface area contributed by atoms with Crippen LogP contribution in [0.4, 0.5) is 0 Å². The average molecular weight is 608 g/mol. The third-order valence-electron chi connectivity index (χ3n) is 6.54. The molecule has 7 nitrogen and oxygen atoms in total. The Kier molecular flexibility index (Phi) is 11.2. The second kappa shape index (κ2) is 15.2. The molecule has 4 aromatic rings. The number of ether oxygens (including phenoxy) is 3. The summed E-state index contributed by atoms with van der Waals surface area (Å²) in [6, 6.07) is 21.4. The lowest BCUT2D eigenvalue weighted by Gasteiger charge is -2.08. The van der Waals surface area contributed by atoms with Crippen LogP contribution in [0.5, 0.6) is 5.75 Å². The highest BCUT2D eigenvalue weighted by atomic mass is 35.5. The number of aromatic nitrogens is 2. The van der Waals surface area contributed by atoms with E-state index < -0.39 is 0 Å². The number of methoxy groups -OCH3 is 2. The van der Waals surface area contributed by atoms with Crippen LogP contribution in [0.25, 0.3) is 34.5 Å². The van der Waals surface area contributed by atoms with Crippen LogP contribution in [-0.2, 0) is 25.6 Å². The molecule has 0 radical (unpaired) electrons. The molecule has 0 atom stereocenters. The van der Waals surface area contributed by atoms with E-state index in [0.717, 1.165) is 39.5 Å². The number of aryl methyl sites for hydroxylation is 1. The second-order valence-corrected chi connectivity index (χ2v) is 10.3. The summed E-state index contributed by atoms with van der Waals surface area (Å²) < 4.78 is 17.2. The van der Waals surface area contributed by atoms with Crippen LogP contribution < -0.4 is 4.74 Å². The highest BCUT2D eigenvalue weighted by Crippen LogP contribution is 2.30. The van der Waals surface area contributed by atoms with Crippen LogP contribution in [0.3, 0.4) is 0 Å². The van der Waals surface area contributed by atoms with E-state index in [-0.39, 0.29) is 11.9 Å². The zero-order valence-electron chi connectivity index (χ0n) is 23.5. The molecular formula is C33H32Cl2N2O5. The number of hydrogen-bond donors (Lipinski definition) is 0. The van der Waals surface area contributed by atoms with Crippen LogP contribution in [-0.4, -0.2) is 42.3 Å². The number of hydrogen-bond acceptors (Lipinski definition) is 6. The normalized spacial score (nSPS) is 11.0. The van der Waals surface area contributed by atoms with Crippen molar-refractivity contribution < 1.29 is 23.8 Å². The second-order valence-electron chi connectivity index (χ2n) is 9.49. The maximum absolute atomic E-state index is 11.6. The van der Waals surface area contributed by atoms with Gasteiger partial charge in [0.2, 0.25) is 0 Å². The number of halogens is 2. The van der Waals surface area contributed by atoms with Gasteiger partial charge in [0.1, 0.15) is 11.6 Å². The Labute approximate surface area is 255 Å². The number of benzene rings is 3. The Hall–Kier alpha value is -4.07. The molecule has 218 valence electrons. The molecule has 0 spiro atoms. The molecule has 1 aromatic heterocycles. The largest absolute Gasteiger partial charge is 0.494 e. The minimum Gasteiger partial charge on any atom is -0.494 e. The topological polar surface area (TPSA) is 79.7 Å². The fourth-order valence-corrected chi connectivity index (χ4v) is 4.82. The summed E-state index contributed by atoms with van der Waals surface area (Å²) in [4.78, 5) is 27.7. The van der Waals surface area contributed by atoms with E-state index in [1.807, 2.05) is 65.4 Å². The first-order valence-electron chi connectivity index (χ1n) is 13.5. The third kappa shape index (κ3) is 8.71. The molecule has 1 heterocycles. The highest BCUT2D eigenvalue weighted by molar-refractivity contribution is 6.36. The fraction of sp³-hybridized carbons (Fsp3) is 0.242. The molecule has 9 heteroatoms. The van der Waals surface area contributed by atoms with E-state index >= 15 is 0 Å². The van der Waals surface area contributed by atoms with Crippen molar-refractivity contribution in [1.29, 1.82) is 0 Å². The zero-order chi connectivity index (χ0) is 29.9. The summed E-state index contributed by atoms with van der Waals surface area (Å²) in [6.45, 7) is 1.03. The maximum atomic E-state index is 11.6. The van der Waals surface area contributed by atoms with Gasteiger partial charge in [0.15, 0.2) is 0 Å². The van der Waals surface area contributed by atoms with Gasteiger partial charge in [-0.05, 0) is 72.0 Å². The number of imidazole rings is 1. The van der Waals surface area contributed by atoms with Crippen LogP contribution in [0.1, 0.15) is 37.1 Å². The van der Waals surface area contributed by atoms with E-state index in [1.165, 1.54) is 14.2 Å². The molecule has 0 bridgehead atoms. The number of nitrogens with zero attached hydrogens (tertiary/aromatic N) is 2. The van der Waals surface area contributed by atoms with Crippen LogP contribution in [0.15, 0.2) is 72.9 Å². The van der Waals surface area contributed by atoms with Gasteiger partial charge in [-0.2, -0.15) is 0 Å². The van der Waals surface area contributed by atoms with Crippen molar-refractivity contribution in [3.8, 4) is 28.1 Å². The van der Waals surface area contributed by atoms with Gasteiger partial charge in [-0.25, -0.2) is 4.98 Å². The van der Waals surface area contributed by atoms with Gasteiger partial charge >= 0.3 is 11.9 Å². The molecule has 0 fully saturated rings. The predicted octanol–water partition coefficient (Wildman–Crippen LogP) is 7.98. The number of rotatable bonds is 13. The molecule has 0 amide bonds. The molecule has 0 aliphatic rings. The van der Waals surface area contributed by atoms with Gasteiger partial charge in [-0.3, -0.25) is 9.59 Å². The third-order valence-corrected chi connectivity index (χ3v) is 7.09. The summed E-state index contributed by atoms with van der Waals surface area (Å²) in [5.41, 5.74) is 4.61. The number of esters is 2. The fourth-order valence-electron chi connectivity index (χ4n) is 4.31. The first-order valence-corrected chi connectivity index (χ1v) is 14.3. The van der Waals surface area contributed by atoms with E-state index in [0.29, 0.717) is 48.9 Å². The Bertz CT molecular complexity index is 1550. The summed E-state index contributed by atoms with van der Waals surface area (Å²) >= 11 is 12.5. The molecular weight excluding hydrogens is 575 g/mol. The SMILES string of the molecule is COC(=O)CCCOc1ccc(-c2cccc(/C=C/c3nc(-c4ccc(Cl)cc4Cl)cn3CCCC(=O)OC)c2)cc1. The van der Waals surface area contributed by atoms with E-state index in [2.05, 4.69) is 16.9 Å². The summed E-state index contributed by atoms with van der Waals surface area (Å²) in [7, 11) is 2.77. The smallest absolute Gasteiger partial charge is 0.305 e. The average Bonchev–Trinajstić information content (AvgIpc) is 3.40. The van der Waals surface area contributed by atoms with Crippen molar-refractivity contribution in [1.82, 2.24) is 9.55 Å². The van der Waals surface area contributed by atoms with E-state index in [1.54, 1.807) is 12.1 Å². The van der Waals surface area contributed by atoms with Gasteiger partial charge in [-0.1, -0.05) is 59.6 Å². The van der Waals surface area contributed by atoms with Gasteiger partial charge < -0.3 is 18.8 Å². The minimum atomic E-state index is -0.247. The molecule has 0 aliphatic heterocycles. The number of carbonyl (C=O) groups excluding carboxylic acids is 2. The highest BCUT2D eigenvalue weighted by Gasteiger charge is 2.12. The number of carbonyl (C=O) groups is 2. The Morgan fingerprint density at radius 2 is 1.60 bits per heavy atom. The molecule has 0 saturated carbocycles. The lowest BCUT2D eigenvalue weighted by atomic mass is 10.0. The van der Waals surface area contributed by atoms with Gasteiger partial charge in [0, 0.05) is 36.2 Å². The molecule has 42 heavy (non-hydrogen) atoms. The van der Waals surface area contributed by atoms with Crippen molar-refractivity contribution in [2.45, 2.75) is 32.2 Å². The van der Waals surface area contributed by atoms with Crippen molar-refractivity contribution in [2.24, 2.45) is 0 Å². The van der Waals surface area contributed by atoms with Crippen molar-refractivity contribution in [3.63, 3.8) is 0 Å². The molecule has 3 aromatic carbocycles. The van der Waals surface area contributed by atoms with Gasteiger partial charge in [0.25, 0.3) is 0 Å². The first kappa shape index (κ1) is 30.9. The Morgan fingerprint density at radius 1 is 0.857 bits per heavy atom.